The fraction of sp³-hybridized carbons (Fsp3) is 0.706. The fourth-order valence-corrected chi connectivity index (χ4v) is 3.37. The van der Waals surface area contributed by atoms with Crippen LogP contribution in [0.4, 0.5) is 5.82 Å². The number of nitrogens with one attached hydrogen (secondary N) is 3. The zero-order valence-corrected chi connectivity index (χ0v) is 14.4. The van der Waals surface area contributed by atoms with Crippen molar-refractivity contribution in [2.45, 2.75) is 45.6 Å². The third kappa shape index (κ3) is 4.41. The van der Waals surface area contributed by atoms with Crippen LogP contribution in [0.5, 0.6) is 0 Å². The summed E-state index contributed by atoms with van der Waals surface area (Å²) in [6.07, 6.45) is 2.51. The highest BCUT2D eigenvalue weighted by atomic mass is 16.5. The van der Waals surface area contributed by atoms with Crippen molar-refractivity contribution in [3.8, 4) is 0 Å². The highest BCUT2D eigenvalue weighted by Crippen LogP contribution is 2.18. The highest BCUT2D eigenvalue weighted by molar-refractivity contribution is 5.40. The van der Waals surface area contributed by atoms with Crippen LogP contribution in [0.15, 0.2) is 18.3 Å². The summed E-state index contributed by atoms with van der Waals surface area (Å²) < 4.78 is 5.78. The summed E-state index contributed by atoms with van der Waals surface area (Å²) in [4.78, 5) is 6.96. The molecule has 0 aromatic carbocycles. The number of rotatable bonds is 5. The van der Waals surface area contributed by atoms with Crippen LogP contribution >= 0.6 is 0 Å². The Bertz CT molecular complexity index is 484. The average Bonchev–Trinajstić information content (AvgIpc) is 2.92. The van der Waals surface area contributed by atoms with E-state index < -0.39 is 0 Å². The SMILES string of the molecule is CC1CN(c2ccc(CNCC3CNNC3C)cn2)CC(C)O1. The Balaban J connectivity index is 1.49. The third-order valence-corrected chi connectivity index (χ3v) is 4.69. The molecule has 23 heavy (non-hydrogen) atoms. The summed E-state index contributed by atoms with van der Waals surface area (Å²) in [5, 5.41) is 3.53. The molecule has 2 saturated heterocycles. The molecule has 4 unspecified atom stereocenters. The van der Waals surface area contributed by atoms with Gasteiger partial charge in [-0.25, -0.2) is 4.98 Å². The number of hydrazine groups is 1. The Labute approximate surface area is 139 Å². The lowest BCUT2D eigenvalue weighted by molar-refractivity contribution is -0.00545. The number of aromatic nitrogens is 1. The average molecular weight is 319 g/mol. The molecule has 2 aliphatic heterocycles. The molecule has 6 heteroatoms. The van der Waals surface area contributed by atoms with E-state index in [9.17, 15) is 0 Å². The van der Waals surface area contributed by atoms with Crippen LogP contribution in [0, 0.1) is 5.92 Å². The Morgan fingerprint density at radius 1 is 1.26 bits per heavy atom. The topological polar surface area (TPSA) is 61.5 Å². The summed E-state index contributed by atoms with van der Waals surface area (Å²) in [7, 11) is 0. The lowest BCUT2D eigenvalue weighted by Gasteiger charge is -2.36. The lowest BCUT2D eigenvalue weighted by Crippen LogP contribution is -2.45. The standard InChI is InChI=1S/C17H29N5O/c1-12-10-22(11-13(2)23-12)17-5-4-15(7-19-17)6-18-8-16-9-20-21-14(16)3/h4-5,7,12-14,16,18,20-21H,6,8-11H2,1-3H3. The van der Waals surface area contributed by atoms with E-state index in [0.717, 1.165) is 38.5 Å². The molecule has 0 bridgehead atoms. The van der Waals surface area contributed by atoms with Gasteiger partial charge in [0.05, 0.1) is 12.2 Å². The first kappa shape index (κ1) is 16.6. The van der Waals surface area contributed by atoms with E-state index in [-0.39, 0.29) is 12.2 Å². The minimum atomic E-state index is 0.262. The maximum atomic E-state index is 5.78. The van der Waals surface area contributed by atoms with Gasteiger partial charge in [0.1, 0.15) is 5.82 Å². The summed E-state index contributed by atoms with van der Waals surface area (Å²) in [5.74, 6) is 1.69. The molecule has 0 saturated carbocycles. The summed E-state index contributed by atoms with van der Waals surface area (Å²) in [6.45, 7) is 11.2. The van der Waals surface area contributed by atoms with Crippen LogP contribution in [0.1, 0.15) is 26.3 Å². The first-order valence-electron chi connectivity index (χ1n) is 8.66. The molecule has 3 N–H and O–H groups in total. The van der Waals surface area contributed by atoms with Crippen LogP contribution in [0.2, 0.25) is 0 Å². The number of hydrogen-bond donors (Lipinski definition) is 3. The van der Waals surface area contributed by atoms with Crippen molar-refractivity contribution in [2.24, 2.45) is 5.92 Å². The largest absolute Gasteiger partial charge is 0.372 e. The molecule has 0 radical (unpaired) electrons. The molecule has 0 spiro atoms. The molecule has 3 heterocycles. The Hall–Kier alpha value is -1.21. The monoisotopic (exact) mass is 319 g/mol. The van der Waals surface area contributed by atoms with Crippen molar-refractivity contribution in [3.05, 3.63) is 23.9 Å². The normalized spacial score (nSPS) is 31.5. The van der Waals surface area contributed by atoms with E-state index in [4.69, 9.17) is 4.74 Å². The molecule has 2 aliphatic rings. The lowest BCUT2D eigenvalue weighted by atomic mass is 10.0. The molecular weight excluding hydrogens is 290 g/mol. The molecule has 1 aromatic rings. The van der Waals surface area contributed by atoms with Crippen molar-refractivity contribution < 1.29 is 4.74 Å². The molecule has 0 amide bonds. The molecule has 4 atom stereocenters. The van der Waals surface area contributed by atoms with Crippen molar-refractivity contribution in [1.29, 1.82) is 0 Å². The molecule has 3 rings (SSSR count). The van der Waals surface area contributed by atoms with Crippen LogP contribution in [0.3, 0.4) is 0 Å². The van der Waals surface area contributed by atoms with E-state index in [1.165, 1.54) is 5.56 Å². The van der Waals surface area contributed by atoms with Crippen LogP contribution < -0.4 is 21.1 Å². The van der Waals surface area contributed by atoms with Crippen molar-refractivity contribution in [3.63, 3.8) is 0 Å². The molecule has 0 aliphatic carbocycles. The second-order valence-electron chi connectivity index (χ2n) is 6.89. The maximum absolute atomic E-state index is 5.78. The van der Waals surface area contributed by atoms with Crippen molar-refractivity contribution in [2.75, 3.05) is 31.1 Å². The molecular formula is C17H29N5O. The van der Waals surface area contributed by atoms with Gasteiger partial charge in [-0.05, 0) is 32.4 Å². The molecule has 6 nitrogen and oxygen atoms in total. The van der Waals surface area contributed by atoms with E-state index >= 15 is 0 Å². The number of pyridine rings is 1. The van der Waals surface area contributed by atoms with E-state index in [1.54, 1.807) is 0 Å². The zero-order chi connectivity index (χ0) is 16.2. The minimum absolute atomic E-state index is 0.262. The molecule has 128 valence electrons. The number of hydrogen-bond acceptors (Lipinski definition) is 6. The van der Waals surface area contributed by atoms with Gasteiger partial charge in [-0.3, -0.25) is 10.9 Å². The Kier molecular flexibility index (Phi) is 5.48. The van der Waals surface area contributed by atoms with Gasteiger partial charge in [-0.2, -0.15) is 0 Å². The van der Waals surface area contributed by atoms with E-state index in [0.29, 0.717) is 12.0 Å². The number of morpholine rings is 1. The van der Waals surface area contributed by atoms with Gasteiger partial charge >= 0.3 is 0 Å². The predicted molar refractivity (Wildman–Crippen MR) is 92.3 cm³/mol. The van der Waals surface area contributed by atoms with Gasteiger partial charge in [-0.1, -0.05) is 6.07 Å². The van der Waals surface area contributed by atoms with Crippen LogP contribution in [-0.2, 0) is 11.3 Å². The maximum Gasteiger partial charge on any atom is 0.128 e. The number of ether oxygens (including phenoxy) is 1. The van der Waals surface area contributed by atoms with Gasteiger partial charge in [0.25, 0.3) is 0 Å². The summed E-state index contributed by atoms with van der Waals surface area (Å²) in [6, 6.07) is 4.82. The molecule has 2 fully saturated rings. The second kappa shape index (κ2) is 7.57. The van der Waals surface area contributed by atoms with Crippen molar-refractivity contribution in [1.82, 2.24) is 21.2 Å². The second-order valence-corrected chi connectivity index (χ2v) is 6.89. The first-order chi connectivity index (χ1) is 11.1. The van der Waals surface area contributed by atoms with Gasteiger partial charge in [0.2, 0.25) is 0 Å². The predicted octanol–water partition coefficient (Wildman–Crippen LogP) is 0.897. The quantitative estimate of drug-likeness (QED) is 0.749. The summed E-state index contributed by atoms with van der Waals surface area (Å²) in [5.41, 5.74) is 7.69. The Morgan fingerprint density at radius 2 is 2.04 bits per heavy atom. The third-order valence-electron chi connectivity index (χ3n) is 4.69. The van der Waals surface area contributed by atoms with Crippen LogP contribution in [0.25, 0.3) is 0 Å². The number of anilines is 1. The number of nitrogens with zero attached hydrogens (tertiary/aromatic N) is 2. The zero-order valence-electron chi connectivity index (χ0n) is 14.4. The highest BCUT2D eigenvalue weighted by Gasteiger charge is 2.23. The molecule has 1 aromatic heterocycles. The summed E-state index contributed by atoms with van der Waals surface area (Å²) >= 11 is 0. The van der Waals surface area contributed by atoms with E-state index in [2.05, 4.69) is 59.0 Å². The van der Waals surface area contributed by atoms with E-state index in [1.807, 2.05) is 6.20 Å². The first-order valence-corrected chi connectivity index (χ1v) is 8.66. The van der Waals surface area contributed by atoms with Crippen molar-refractivity contribution >= 4 is 5.82 Å². The minimum Gasteiger partial charge on any atom is -0.372 e. The Morgan fingerprint density at radius 3 is 2.65 bits per heavy atom. The van der Waals surface area contributed by atoms with Gasteiger partial charge in [-0.15, -0.1) is 0 Å². The van der Waals surface area contributed by atoms with Crippen LogP contribution in [-0.4, -0.2) is 49.4 Å². The van der Waals surface area contributed by atoms with Gasteiger partial charge in [0, 0.05) is 50.9 Å². The van der Waals surface area contributed by atoms with Gasteiger partial charge < -0.3 is 15.0 Å². The van der Waals surface area contributed by atoms with Gasteiger partial charge in [0.15, 0.2) is 0 Å². The smallest absolute Gasteiger partial charge is 0.128 e. The fourth-order valence-electron chi connectivity index (χ4n) is 3.37.